The molecular formula is C19H24N8O2. The fraction of sp³-hybridized carbons (Fsp3) is 0.263. The summed E-state index contributed by atoms with van der Waals surface area (Å²) in [5.74, 6) is 0.699. The van der Waals surface area contributed by atoms with Crippen molar-refractivity contribution >= 4 is 29.1 Å². The molecule has 3 heterocycles. The fourth-order valence-corrected chi connectivity index (χ4v) is 2.72. The summed E-state index contributed by atoms with van der Waals surface area (Å²) in [6, 6.07) is 3.91. The van der Waals surface area contributed by atoms with E-state index >= 15 is 0 Å². The Morgan fingerprint density at radius 1 is 1.34 bits per heavy atom. The number of ether oxygens (including phenoxy) is 1. The van der Waals surface area contributed by atoms with Gasteiger partial charge in [-0.1, -0.05) is 6.07 Å². The van der Waals surface area contributed by atoms with Crippen molar-refractivity contribution in [1.29, 1.82) is 5.41 Å². The standard InChI is InChI=1S/C19H24N8O2/c1-29-12-15-9-23-17-3-2-13(11-27(15)17)7-25-19-18(21)24-10-16(26-19)14(6-20)8-22-4-5-28/h2-3,6,8-11,20,22,28H,4-5,7,12H2,1H3,(H2,21,24)(H,25,26)/b14-8+,20-6?. The van der Waals surface area contributed by atoms with Gasteiger partial charge >= 0.3 is 0 Å². The summed E-state index contributed by atoms with van der Waals surface area (Å²) in [5.41, 5.74) is 9.79. The van der Waals surface area contributed by atoms with Crippen molar-refractivity contribution in [2.45, 2.75) is 13.2 Å². The molecule has 0 unspecified atom stereocenters. The number of hydrogen-bond donors (Lipinski definition) is 5. The van der Waals surface area contributed by atoms with Gasteiger partial charge in [-0.25, -0.2) is 15.0 Å². The molecule has 3 rings (SSSR count). The number of methoxy groups -OCH3 is 1. The van der Waals surface area contributed by atoms with Gasteiger partial charge in [-0.3, -0.25) is 0 Å². The Bertz CT molecular complexity index is 1010. The third-order valence-corrected chi connectivity index (χ3v) is 4.16. The summed E-state index contributed by atoms with van der Waals surface area (Å²) >= 11 is 0. The van der Waals surface area contributed by atoms with Crippen molar-refractivity contribution in [3.05, 3.63) is 53.9 Å². The predicted octanol–water partition coefficient (Wildman–Crippen LogP) is 1.04. The number of anilines is 2. The van der Waals surface area contributed by atoms with Crippen LogP contribution in [0.25, 0.3) is 11.2 Å². The lowest BCUT2D eigenvalue weighted by Crippen LogP contribution is -2.13. The normalized spacial score (nSPS) is 11.6. The number of pyridine rings is 1. The Kier molecular flexibility index (Phi) is 6.72. The van der Waals surface area contributed by atoms with Crippen molar-refractivity contribution in [3.63, 3.8) is 0 Å². The third-order valence-electron chi connectivity index (χ3n) is 4.16. The van der Waals surface area contributed by atoms with Gasteiger partial charge in [-0.2, -0.15) is 0 Å². The van der Waals surface area contributed by atoms with Gasteiger partial charge in [0.05, 0.1) is 37.0 Å². The van der Waals surface area contributed by atoms with Gasteiger partial charge in [0.1, 0.15) is 5.65 Å². The molecule has 0 spiro atoms. The molecule has 0 saturated carbocycles. The molecule has 3 aromatic rings. The quantitative estimate of drug-likeness (QED) is 0.252. The first kappa shape index (κ1) is 20.2. The molecule has 0 aliphatic rings. The summed E-state index contributed by atoms with van der Waals surface area (Å²) in [4.78, 5) is 13.0. The number of aliphatic hydroxyl groups is 1. The minimum atomic E-state index is -0.00461. The molecule has 6 N–H and O–H groups in total. The summed E-state index contributed by atoms with van der Waals surface area (Å²) < 4.78 is 7.19. The van der Waals surface area contributed by atoms with Crippen LogP contribution in [0.5, 0.6) is 0 Å². The number of allylic oxidation sites excluding steroid dienone is 1. The van der Waals surface area contributed by atoms with E-state index in [-0.39, 0.29) is 12.4 Å². The van der Waals surface area contributed by atoms with Gasteiger partial charge in [0, 0.05) is 44.4 Å². The summed E-state index contributed by atoms with van der Waals surface area (Å²) in [6.45, 7) is 1.33. The van der Waals surface area contributed by atoms with E-state index in [4.69, 9.17) is 21.0 Å². The van der Waals surface area contributed by atoms with Crippen molar-refractivity contribution < 1.29 is 9.84 Å². The number of nitrogens with zero attached hydrogens (tertiary/aromatic N) is 4. The molecule has 0 aromatic carbocycles. The second kappa shape index (κ2) is 9.62. The Hall–Kier alpha value is -3.50. The van der Waals surface area contributed by atoms with Crippen LogP contribution >= 0.6 is 0 Å². The van der Waals surface area contributed by atoms with Gasteiger partial charge in [0.2, 0.25) is 0 Å². The number of nitrogens with one attached hydrogen (secondary N) is 3. The first-order chi connectivity index (χ1) is 14.2. The van der Waals surface area contributed by atoms with Crippen LogP contribution in [0, 0.1) is 5.41 Å². The minimum Gasteiger partial charge on any atom is -0.395 e. The van der Waals surface area contributed by atoms with E-state index in [2.05, 4.69) is 25.6 Å². The zero-order chi connectivity index (χ0) is 20.6. The molecule has 0 fully saturated rings. The minimum absolute atomic E-state index is 0.00461. The van der Waals surface area contributed by atoms with Crippen LogP contribution in [0.1, 0.15) is 17.0 Å². The second-order valence-corrected chi connectivity index (χ2v) is 6.21. The molecule has 0 amide bonds. The first-order valence-corrected chi connectivity index (χ1v) is 9.01. The smallest absolute Gasteiger partial charge is 0.169 e. The zero-order valence-electron chi connectivity index (χ0n) is 16.1. The second-order valence-electron chi connectivity index (χ2n) is 6.21. The number of nitrogens with two attached hydrogens (primary N) is 1. The van der Waals surface area contributed by atoms with Crippen molar-refractivity contribution in [2.75, 3.05) is 31.3 Å². The highest BCUT2D eigenvalue weighted by Crippen LogP contribution is 2.18. The molecule has 152 valence electrons. The van der Waals surface area contributed by atoms with E-state index in [1.807, 2.05) is 22.7 Å². The lowest BCUT2D eigenvalue weighted by atomic mass is 10.2. The third kappa shape index (κ3) is 4.86. The maximum atomic E-state index is 8.86. The largest absolute Gasteiger partial charge is 0.395 e. The number of hydrogen-bond acceptors (Lipinski definition) is 9. The van der Waals surface area contributed by atoms with E-state index in [1.165, 1.54) is 12.4 Å². The molecule has 10 nitrogen and oxygen atoms in total. The summed E-state index contributed by atoms with van der Waals surface area (Å²) in [6.07, 6.45) is 8.06. The highest BCUT2D eigenvalue weighted by Gasteiger charge is 2.09. The maximum absolute atomic E-state index is 8.86. The number of imidazole rings is 1. The topological polar surface area (TPSA) is 146 Å². The molecule has 0 bridgehead atoms. The van der Waals surface area contributed by atoms with Crippen LogP contribution in [0.4, 0.5) is 11.6 Å². The Morgan fingerprint density at radius 2 is 2.21 bits per heavy atom. The number of fused-ring (bicyclic) bond motifs is 1. The van der Waals surface area contributed by atoms with Crippen LogP contribution in [0.15, 0.2) is 36.9 Å². The van der Waals surface area contributed by atoms with Crippen LogP contribution in [0.2, 0.25) is 0 Å². The summed E-state index contributed by atoms with van der Waals surface area (Å²) in [5, 5.41) is 22.5. The molecular weight excluding hydrogens is 372 g/mol. The SMILES string of the molecule is COCc1cnc2ccc(CNc3nc(/C(C=N)=C/NCCO)cnc3N)cn12. The molecule has 10 heteroatoms. The van der Waals surface area contributed by atoms with Gasteiger partial charge in [-0.05, 0) is 11.6 Å². The van der Waals surface area contributed by atoms with E-state index in [0.29, 0.717) is 36.8 Å². The van der Waals surface area contributed by atoms with Gasteiger partial charge < -0.3 is 36.0 Å². The first-order valence-electron chi connectivity index (χ1n) is 9.01. The summed E-state index contributed by atoms with van der Waals surface area (Å²) in [7, 11) is 1.65. The number of aromatic nitrogens is 4. The molecule has 3 aromatic heterocycles. The van der Waals surface area contributed by atoms with Crippen molar-refractivity contribution in [3.8, 4) is 0 Å². The molecule has 0 saturated heterocycles. The fourth-order valence-electron chi connectivity index (χ4n) is 2.72. The molecule has 0 aliphatic heterocycles. The lowest BCUT2D eigenvalue weighted by Gasteiger charge is -2.11. The van der Waals surface area contributed by atoms with Gasteiger partial charge in [0.25, 0.3) is 0 Å². The van der Waals surface area contributed by atoms with E-state index in [1.54, 1.807) is 19.5 Å². The zero-order valence-corrected chi connectivity index (χ0v) is 16.1. The monoisotopic (exact) mass is 396 g/mol. The molecule has 0 radical (unpaired) electrons. The predicted molar refractivity (Wildman–Crippen MR) is 112 cm³/mol. The van der Waals surface area contributed by atoms with E-state index in [0.717, 1.165) is 16.9 Å². The molecule has 29 heavy (non-hydrogen) atoms. The van der Waals surface area contributed by atoms with E-state index < -0.39 is 0 Å². The average Bonchev–Trinajstić information content (AvgIpc) is 3.13. The number of aliphatic hydroxyl groups excluding tert-OH is 1. The lowest BCUT2D eigenvalue weighted by molar-refractivity contribution is 0.181. The van der Waals surface area contributed by atoms with Crippen LogP contribution < -0.4 is 16.4 Å². The van der Waals surface area contributed by atoms with Gasteiger partial charge in [0.15, 0.2) is 11.6 Å². The Morgan fingerprint density at radius 3 is 2.97 bits per heavy atom. The van der Waals surface area contributed by atoms with Crippen LogP contribution in [-0.2, 0) is 17.9 Å². The molecule has 0 atom stereocenters. The highest BCUT2D eigenvalue weighted by molar-refractivity contribution is 6.07. The maximum Gasteiger partial charge on any atom is 0.169 e. The molecule has 0 aliphatic carbocycles. The number of rotatable bonds is 10. The Balaban J connectivity index is 1.78. The Labute approximate surface area is 168 Å². The van der Waals surface area contributed by atoms with Gasteiger partial charge in [-0.15, -0.1) is 0 Å². The highest BCUT2D eigenvalue weighted by atomic mass is 16.5. The average molecular weight is 396 g/mol. The van der Waals surface area contributed by atoms with Crippen LogP contribution in [-0.4, -0.2) is 50.9 Å². The van der Waals surface area contributed by atoms with Crippen LogP contribution in [0.3, 0.4) is 0 Å². The van der Waals surface area contributed by atoms with E-state index in [9.17, 15) is 0 Å². The number of nitrogen functional groups attached to an aromatic ring is 1. The van der Waals surface area contributed by atoms with Crippen molar-refractivity contribution in [1.82, 2.24) is 24.7 Å². The van der Waals surface area contributed by atoms with Crippen molar-refractivity contribution in [2.24, 2.45) is 0 Å².